The molecule has 1 aromatic heterocycles. The maximum Gasteiger partial charge on any atom is 0.335 e. The largest absolute Gasteiger partial charge is 0.478 e. The second kappa shape index (κ2) is 10.1. The molecule has 1 atom stereocenters. The minimum atomic E-state index is -1.01. The van der Waals surface area contributed by atoms with E-state index in [9.17, 15) is 19.1 Å². The van der Waals surface area contributed by atoms with Gasteiger partial charge >= 0.3 is 5.97 Å². The van der Waals surface area contributed by atoms with Crippen molar-refractivity contribution in [3.05, 3.63) is 65.2 Å². The second-order valence-corrected chi connectivity index (χ2v) is 8.78. The molecule has 1 amide bonds. The number of carboxylic acid groups (broad SMARTS) is 1. The molecule has 0 aliphatic carbocycles. The van der Waals surface area contributed by atoms with Crippen molar-refractivity contribution in [1.29, 1.82) is 0 Å². The predicted molar refractivity (Wildman–Crippen MR) is 128 cm³/mol. The van der Waals surface area contributed by atoms with Crippen molar-refractivity contribution in [2.24, 2.45) is 0 Å². The quantitative estimate of drug-likeness (QED) is 0.454. The summed E-state index contributed by atoms with van der Waals surface area (Å²) in [5.41, 5.74) is 2.74. The molecule has 0 bridgehead atoms. The number of carboxylic acids is 1. The molecule has 3 aromatic rings. The topological polar surface area (TPSA) is 103 Å². The minimum Gasteiger partial charge on any atom is -0.478 e. The van der Waals surface area contributed by atoms with Crippen molar-refractivity contribution in [2.75, 3.05) is 27.1 Å². The van der Waals surface area contributed by atoms with Gasteiger partial charge in [-0.1, -0.05) is 12.1 Å². The van der Waals surface area contributed by atoms with Gasteiger partial charge in [-0.2, -0.15) is 0 Å². The van der Waals surface area contributed by atoms with Gasteiger partial charge in [0.15, 0.2) is 18.4 Å². The summed E-state index contributed by atoms with van der Waals surface area (Å²) in [5, 5.41) is 9.43. The third-order valence-corrected chi connectivity index (χ3v) is 6.48. The number of halogens is 1. The van der Waals surface area contributed by atoms with Gasteiger partial charge < -0.3 is 28.8 Å². The number of hydrogen-bond donors (Lipinski definition) is 1. The van der Waals surface area contributed by atoms with Crippen LogP contribution in [0, 0.1) is 5.82 Å². The van der Waals surface area contributed by atoms with E-state index in [0.717, 1.165) is 6.42 Å². The van der Waals surface area contributed by atoms with E-state index < -0.39 is 11.8 Å². The molecule has 188 valence electrons. The normalized spacial score (nSPS) is 17.7. The zero-order chi connectivity index (χ0) is 25.2. The Labute approximate surface area is 206 Å². The van der Waals surface area contributed by atoms with Crippen LogP contribution in [0.1, 0.15) is 34.6 Å². The molecule has 0 saturated carbocycles. The number of carbonyl (C=O) groups is 2. The highest BCUT2D eigenvalue weighted by atomic mass is 19.1. The van der Waals surface area contributed by atoms with Crippen LogP contribution in [0.2, 0.25) is 0 Å². The van der Waals surface area contributed by atoms with E-state index in [4.69, 9.17) is 19.2 Å². The van der Waals surface area contributed by atoms with Crippen molar-refractivity contribution in [2.45, 2.75) is 32.0 Å². The van der Waals surface area contributed by atoms with Crippen LogP contribution in [0.4, 0.5) is 4.39 Å². The van der Waals surface area contributed by atoms with E-state index in [0.29, 0.717) is 54.1 Å². The smallest absolute Gasteiger partial charge is 0.335 e. The first-order valence-electron chi connectivity index (χ1n) is 11.7. The van der Waals surface area contributed by atoms with Crippen molar-refractivity contribution in [1.82, 2.24) is 14.5 Å². The Morgan fingerprint density at radius 1 is 1.31 bits per heavy atom. The highest BCUT2D eigenvalue weighted by molar-refractivity contribution is 5.97. The molecule has 0 radical (unpaired) electrons. The maximum atomic E-state index is 14.4. The molecular formula is C26H26FN3O6. The molecule has 0 spiro atoms. The number of hydrogen-bond acceptors (Lipinski definition) is 6. The van der Waals surface area contributed by atoms with Crippen LogP contribution >= 0.6 is 0 Å². The number of carbonyl (C=O) groups excluding carboxylic acids is 1. The van der Waals surface area contributed by atoms with Gasteiger partial charge in [0.2, 0.25) is 5.91 Å². The number of fused-ring (bicyclic) bond motifs is 1. The van der Waals surface area contributed by atoms with Crippen LogP contribution in [-0.2, 0) is 27.4 Å². The van der Waals surface area contributed by atoms with E-state index in [1.807, 2.05) is 4.57 Å². The second-order valence-electron chi connectivity index (χ2n) is 8.78. The first-order valence-corrected chi connectivity index (χ1v) is 11.7. The Balaban J connectivity index is 1.42. The highest BCUT2D eigenvalue weighted by Crippen LogP contribution is 2.33. The Kier molecular flexibility index (Phi) is 6.71. The van der Waals surface area contributed by atoms with Crippen molar-refractivity contribution in [3.63, 3.8) is 0 Å². The van der Waals surface area contributed by atoms with Gasteiger partial charge in [-0.05, 0) is 42.7 Å². The van der Waals surface area contributed by atoms with Crippen molar-refractivity contribution >= 4 is 28.5 Å². The Morgan fingerprint density at radius 3 is 2.83 bits per heavy atom. The zero-order valence-corrected chi connectivity index (χ0v) is 19.8. The molecule has 5 rings (SSSR count). The van der Waals surface area contributed by atoms with Crippen LogP contribution in [0.15, 0.2) is 42.5 Å². The summed E-state index contributed by atoms with van der Waals surface area (Å²) in [7, 11) is 1.45. The lowest BCUT2D eigenvalue weighted by molar-refractivity contribution is -0.127. The van der Waals surface area contributed by atoms with Crippen LogP contribution in [0.3, 0.4) is 0 Å². The number of aromatic carboxylic acids is 1. The lowest BCUT2D eigenvalue weighted by Crippen LogP contribution is -2.36. The van der Waals surface area contributed by atoms with E-state index in [1.165, 1.54) is 25.3 Å². The highest BCUT2D eigenvalue weighted by Gasteiger charge is 2.27. The number of nitrogens with zero attached hydrogens (tertiary/aromatic N) is 3. The van der Waals surface area contributed by atoms with Crippen LogP contribution in [0.25, 0.3) is 16.6 Å². The van der Waals surface area contributed by atoms with Gasteiger partial charge in [-0.3, -0.25) is 4.79 Å². The summed E-state index contributed by atoms with van der Waals surface area (Å²) in [4.78, 5) is 31.0. The van der Waals surface area contributed by atoms with Crippen molar-refractivity contribution in [3.8, 4) is 5.75 Å². The van der Waals surface area contributed by atoms with Crippen LogP contribution in [0.5, 0.6) is 5.75 Å². The minimum absolute atomic E-state index is 0.0247. The maximum absolute atomic E-state index is 14.4. The molecule has 3 heterocycles. The van der Waals surface area contributed by atoms with Gasteiger partial charge in [-0.25, -0.2) is 14.2 Å². The third kappa shape index (κ3) is 4.69. The summed E-state index contributed by atoms with van der Waals surface area (Å²) < 4.78 is 32.3. The summed E-state index contributed by atoms with van der Waals surface area (Å²) in [5.74, 6) is -1.04. The summed E-state index contributed by atoms with van der Waals surface area (Å²) >= 11 is 0. The average molecular weight is 496 g/mol. The number of para-hydroxylation sites is 1. The monoisotopic (exact) mass is 495 g/mol. The number of imidazole rings is 1. The molecule has 1 saturated heterocycles. The summed E-state index contributed by atoms with van der Waals surface area (Å²) in [6, 6.07) is 9.42. The molecule has 10 heteroatoms. The van der Waals surface area contributed by atoms with E-state index in [-0.39, 0.29) is 36.7 Å². The standard InChI is InChI=1S/C26H26FN3O6/c1-34-15-36-25-19(3-2-4-20(25)27)16-7-9-29(24(31)12-16)14-23-28-21-6-5-17(26(32)33)11-22(21)30(23)13-18-8-10-35-18/h2-6,11-12,18H,7-10,13-15H2,1H3,(H,32,33)/t18-/m0/s1. The van der Waals surface area contributed by atoms with Crippen molar-refractivity contribution < 1.29 is 33.3 Å². The molecule has 1 N–H and O–H groups in total. The fourth-order valence-corrected chi connectivity index (χ4v) is 4.51. The van der Waals surface area contributed by atoms with Gasteiger partial charge in [0.1, 0.15) is 5.82 Å². The molecule has 1 fully saturated rings. The molecule has 2 aliphatic heterocycles. The Morgan fingerprint density at radius 2 is 2.14 bits per heavy atom. The molecule has 0 unspecified atom stereocenters. The summed E-state index contributed by atoms with van der Waals surface area (Å²) in [6.07, 6.45) is 2.95. The van der Waals surface area contributed by atoms with E-state index >= 15 is 0 Å². The van der Waals surface area contributed by atoms with Gasteiger partial charge in [0.25, 0.3) is 0 Å². The SMILES string of the molecule is COCOc1c(F)cccc1C1=CC(=O)N(Cc2nc3ccc(C(=O)O)cc3n2C[C@@H]2CCO2)CC1. The Bertz CT molecular complexity index is 1350. The number of rotatable bonds is 9. The number of amides is 1. The van der Waals surface area contributed by atoms with Gasteiger partial charge in [0, 0.05) is 31.9 Å². The first-order chi connectivity index (χ1) is 17.4. The van der Waals surface area contributed by atoms with Crippen LogP contribution in [-0.4, -0.2) is 64.6 Å². The molecule has 2 aromatic carbocycles. The van der Waals surface area contributed by atoms with Gasteiger partial charge in [0.05, 0.1) is 35.8 Å². The average Bonchev–Trinajstić information content (AvgIpc) is 3.17. The predicted octanol–water partition coefficient (Wildman–Crippen LogP) is 3.46. The Hall–Kier alpha value is -3.76. The molecule has 2 aliphatic rings. The lowest BCUT2D eigenvalue weighted by atomic mass is 9.98. The zero-order valence-electron chi connectivity index (χ0n) is 19.8. The van der Waals surface area contributed by atoms with Crippen LogP contribution < -0.4 is 4.74 Å². The fraction of sp³-hybridized carbons (Fsp3) is 0.346. The fourth-order valence-electron chi connectivity index (χ4n) is 4.51. The number of methoxy groups -OCH3 is 1. The number of aromatic nitrogens is 2. The first kappa shape index (κ1) is 24.0. The van der Waals surface area contributed by atoms with E-state index in [1.54, 1.807) is 29.2 Å². The molecule has 9 nitrogen and oxygen atoms in total. The lowest BCUT2D eigenvalue weighted by Gasteiger charge is -2.29. The number of benzene rings is 2. The van der Waals surface area contributed by atoms with E-state index in [2.05, 4.69) is 0 Å². The number of ether oxygens (including phenoxy) is 3. The molecular weight excluding hydrogens is 469 g/mol. The molecule has 36 heavy (non-hydrogen) atoms. The summed E-state index contributed by atoms with van der Waals surface area (Å²) in [6.45, 7) is 1.78. The third-order valence-electron chi connectivity index (χ3n) is 6.48. The van der Waals surface area contributed by atoms with Gasteiger partial charge in [-0.15, -0.1) is 0 Å².